The van der Waals surface area contributed by atoms with E-state index in [0.29, 0.717) is 16.8 Å². The number of carbonyl (C=O) groups excluding carboxylic acids is 1. The van der Waals surface area contributed by atoms with E-state index in [4.69, 9.17) is 9.47 Å². The second-order valence-electron chi connectivity index (χ2n) is 4.92. The number of ether oxygens (including phenoxy) is 2. The summed E-state index contributed by atoms with van der Waals surface area (Å²) in [4.78, 5) is 12.3. The molecule has 0 saturated heterocycles. The van der Waals surface area contributed by atoms with Crippen LogP contribution >= 0.6 is 11.8 Å². The standard InChI is InChI=1S/C17H18N2O3S/c1-10-14(17(20)22-3)15(13(9-18)16(19-10)23-4)11-5-7-12(21-2)8-6-11/h5-8,15,19H,1-4H3. The molecule has 0 spiro atoms. The SMILES string of the molecule is COC(=O)C1=C(C)NC(SC)=C(C#N)C1c1ccc(OC)cc1. The van der Waals surface area contributed by atoms with Gasteiger partial charge in [-0.25, -0.2) is 4.79 Å². The molecule has 0 fully saturated rings. The van der Waals surface area contributed by atoms with Gasteiger partial charge in [0.15, 0.2) is 0 Å². The summed E-state index contributed by atoms with van der Waals surface area (Å²) in [5, 5.41) is 13.5. The highest BCUT2D eigenvalue weighted by Gasteiger charge is 2.34. The Labute approximate surface area is 140 Å². The first-order chi connectivity index (χ1) is 11.1. The number of nitrogens with one attached hydrogen (secondary N) is 1. The molecule has 23 heavy (non-hydrogen) atoms. The number of nitriles is 1. The summed E-state index contributed by atoms with van der Waals surface area (Å²) in [5.41, 5.74) is 2.50. The number of hydrogen-bond acceptors (Lipinski definition) is 6. The zero-order valence-electron chi connectivity index (χ0n) is 13.5. The lowest BCUT2D eigenvalue weighted by Gasteiger charge is -2.28. The zero-order valence-corrected chi connectivity index (χ0v) is 14.3. The molecule has 0 amide bonds. The predicted octanol–water partition coefficient (Wildman–Crippen LogP) is 2.93. The van der Waals surface area contributed by atoms with Crippen LogP contribution in [0.25, 0.3) is 0 Å². The molecule has 0 aromatic heterocycles. The van der Waals surface area contributed by atoms with Crippen molar-refractivity contribution in [1.82, 2.24) is 5.32 Å². The van der Waals surface area contributed by atoms with Gasteiger partial charge in [-0.2, -0.15) is 5.26 Å². The van der Waals surface area contributed by atoms with Gasteiger partial charge < -0.3 is 14.8 Å². The summed E-state index contributed by atoms with van der Waals surface area (Å²) in [6, 6.07) is 9.59. The fourth-order valence-electron chi connectivity index (χ4n) is 2.58. The van der Waals surface area contributed by atoms with E-state index in [0.717, 1.165) is 16.3 Å². The molecule has 2 rings (SSSR count). The van der Waals surface area contributed by atoms with E-state index in [9.17, 15) is 10.1 Å². The maximum absolute atomic E-state index is 12.3. The highest BCUT2D eigenvalue weighted by atomic mass is 32.2. The van der Waals surface area contributed by atoms with E-state index >= 15 is 0 Å². The van der Waals surface area contributed by atoms with Gasteiger partial charge >= 0.3 is 5.97 Å². The average Bonchev–Trinajstić information content (AvgIpc) is 2.60. The third kappa shape index (κ3) is 3.20. The van der Waals surface area contributed by atoms with Crippen molar-refractivity contribution < 1.29 is 14.3 Å². The summed E-state index contributed by atoms with van der Waals surface area (Å²) in [6.45, 7) is 1.81. The Hall–Kier alpha value is -2.39. The molecule has 0 radical (unpaired) electrons. The molecule has 1 aliphatic heterocycles. The Morgan fingerprint density at radius 3 is 2.43 bits per heavy atom. The Morgan fingerprint density at radius 1 is 1.30 bits per heavy atom. The molecular weight excluding hydrogens is 312 g/mol. The Morgan fingerprint density at radius 2 is 1.96 bits per heavy atom. The highest BCUT2D eigenvalue weighted by molar-refractivity contribution is 8.02. The topological polar surface area (TPSA) is 71.3 Å². The molecule has 120 valence electrons. The molecule has 0 saturated carbocycles. The van der Waals surface area contributed by atoms with Crippen LogP contribution in [0, 0.1) is 11.3 Å². The van der Waals surface area contributed by atoms with E-state index in [1.54, 1.807) is 7.11 Å². The van der Waals surface area contributed by atoms with Crippen LogP contribution in [0.3, 0.4) is 0 Å². The van der Waals surface area contributed by atoms with Gasteiger partial charge in [0.25, 0.3) is 0 Å². The first kappa shape index (κ1) is 17.0. The van der Waals surface area contributed by atoms with Gasteiger partial charge in [0.2, 0.25) is 0 Å². The van der Waals surface area contributed by atoms with Crippen LogP contribution in [0.15, 0.2) is 46.1 Å². The third-order valence-corrected chi connectivity index (χ3v) is 4.44. The number of allylic oxidation sites excluding steroid dienone is 2. The number of benzene rings is 1. The second kappa shape index (κ2) is 7.25. The average molecular weight is 330 g/mol. The molecule has 0 bridgehead atoms. The van der Waals surface area contributed by atoms with Crippen LogP contribution in [0.5, 0.6) is 5.75 Å². The second-order valence-corrected chi connectivity index (χ2v) is 5.74. The van der Waals surface area contributed by atoms with Crippen LogP contribution in [0.2, 0.25) is 0 Å². The van der Waals surface area contributed by atoms with Gasteiger partial charge in [0, 0.05) is 5.70 Å². The highest BCUT2D eigenvalue weighted by Crippen LogP contribution is 2.40. The van der Waals surface area contributed by atoms with Crippen molar-refractivity contribution in [3.05, 3.63) is 51.7 Å². The molecular formula is C17H18N2O3S. The van der Waals surface area contributed by atoms with Gasteiger partial charge in [-0.05, 0) is 30.9 Å². The van der Waals surface area contributed by atoms with Crippen LogP contribution in [-0.4, -0.2) is 26.4 Å². The van der Waals surface area contributed by atoms with Crippen molar-refractivity contribution in [2.24, 2.45) is 0 Å². The molecule has 1 aromatic rings. The number of hydrogen-bond donors (Lipinski definition) is 1. The van der Waals surface area contributed by atoms with Gasteiger partial charge in [-0.3, -0.25) is 0 Å². The number of dihydropyridines is 1. The van der Waals surface area contributed by atoms with E-state index in [1.807, 2.05) is 37.4 Å². The van der Waals surface area contributed by atoms with E-state index in [-0.39, 0.29) is 0 Å². The monoisotopic (exact) mass is 330 g/mol. The molecule has 1 atom stereocenters. The summed E-state index contributed by atoms with van der Waals surface area (Å²) in [5.74, 6) is -0.179. The number of carbonyl (C=O) groups is 1. The van der Waals surface area contributed by atoms with E-state index < -0.39 is 11.9 Å². The number of nitrogens with zero attached hydrogens (tertiary/aromatic N) is 1. The largest absolute Gasteiger partial charge is 0.497 e. The number of esters is 1. The molecule has 1 aliphatic rings. The van der Waals surface area contributed by atoms with Crippen LogP contribution < -0.4 is 10.1 Å². The molecule has 0 aliphatic carbocycles. The Bertz CT molecular complexity index is 714. The van der Waals surface area contributed by atoms with Crippen LogP contribution in [0.1, 0.15) is 18.4 Å². The maximum Gasteiger partial charge on any atom is 0.336 e. The van der Waals surface area contributed by atoms with Gasteiger partial charge in [0.1, 0.15) is 5.75 Å². The smallest absolute Gasteiger partial charge is 0.336 e. The van der Waals surface area contributed by atoms with Crippen molar-refractivity contribution in [1.29, 1.82) is 5.26 Å². The van der Waals surface area contributed by atoms with E-state index in [2.05, 4.69) is 11.4 Å². The van der Waals surface area contributed by atoms with E-state index in [1.165, 1.54) is 18.9 Å². The fourth-order valence-corrected chi connectivity index (χ4v) is 3.22. The quantitative estimate of drug-likeness (QED) is 0.856. The molecule has 1 N–H and O–H groups in total. The van der Waals surface area contributed by atoms with Crippen LogP contribution in [0.4, 0.5) is 0 Å². The number of methoxy groups -OCH3 is 2. The van der Waals surface area contributed by atoms with Gasteiger partial charge in [0.05, 0.1) is 42.4 Å². The normalized spacial score (nSPS) is 17.4. The Kier molecular flexibility index (Phi) is 5.35. The molecule has 5 nitrogen and oxygen atoms in total. The lowest BCUT2D eigenvalue weighted by molar-refractivity contribution is -0.136. The van der Waals surface area contributed by atoms with Crippen molar-refractivity contribution in [3.63, 3.8) is 0 Å². The summed E-state index contributed by atoms with van der Waals surface area (Å²) in [6.07, 6.45) is 1.89. The minimum absolute atomic E-state index is 0.441. The molecule has 1 aromatic carbocycles. The first-order valence-corrected chi connectivity index (χ1v) is 8.18. The van der Waals surface area contributed by atoms with Gasteiger partial charge in [-0.1, -0.05) is 12.1 Å². The minimum atomic E-state index is -0.456. The molecule has 1 heterocycles. The van der Waals surface area contributed by atoms with Crippen molar-refractivity contribution in [2.75, 3.05) is 20.5 Å². The third-order valence-electron chi connectivity index (χ3n) is 3.71. The lowest BCUT2D eigenvalue weighted by Crippen LogP contribution is -2.28. The molecule has 6 heteroatoms. The fraction of sp³-hybridized carbons (Fsp3) is 0.294. The summed E-state index contributed by atoms with van der Waals surface area (Å²) < 4.78 is 10.1. The van der Waals surface area contributed by atoms with Crippen LogP contribution in [-0.2, 0) is 9.53 Å². The van der Waals surface area contributed by atoms with Crippen molar-refractivity contribution >= 4 is 17.7 Å². The minimum Gasteiger partial charge on any atom is -0.497 e. The predicted molar refractivity (Wildman–Crippen MR) is 89.7 cm³/mol. The summed E-state index contributed by atoms with van der Waals surface area (Å²) >= 11 is 1.44. The lowest BCUT2D eigenvalue weighted by atomic mass is 9.82. The molecule has 1 unspecified atom stereocenters. The Balaban J connectivity index is 2.62. The van der Waals surface area contributed by atoms with Crippen molar-refractivity contribution in [2.45, 2.75) is 12.8 Å². The zero-order chi connectivity index (χ0) is 17.0. The van der Waals surface area contributed by atoms with Gasteiger partial charge in [-0.15, -0.1) is 11.8 Å². The summed E-state index contributed by atoms with van der Waals surface area (Å²) in [7, 11) is 2.93. The number of rotatable bonds is 4. The first-order valence-electron chi connectivity index (χ1n) is 6.95. The maximum atomic E-state index is 12.3. The number of thioether (sulfide) groups is 1. The van der Waals surface area contributed by atoms with Crippen molar-refractivity contribution in [3.8, 4) is 11.8 Å².